The van der Waals surface area contributed by atoms with Crippen molar-refractivity contribution >= 4 is 17.4 Å². The first kappa shape index (κ1) is 8.82. The molecule has 1 fully saturated rings. The molecule has 0 N–H and O–H groups in total. The highest BCUT2D eigenvalue weighted by molar-refractivity contribution is 6.29. The largest absolute Gasteiger partial charge is 0.354 e. The molecule has 0 aliphatic carbocycles. The van der Waals surface area contributed by atoms with E-state index in [0.717, 1.165) is 12.4 Å². The minimum atomic E-state index is 0.580. The summed E-state index contributed by atoms with van der Waals surface area (Å²) in [6.07, 6.45) is 2.52. The molecule has 0 saturated carbocycles. The Bertz CT molecular complexity index is 301. The standard InChI is InChI=1S/C10H13ClN2/c1-8-4-3-7-13(8)10-6-2-5-9(11)12-10/h2,5-6,8H,3-4,7H2,1H3. The number of nitrogens with zero attached hydrogens (tertiary/aromatic N) is 2. The van der Waals surface area contributed by atoms with E-state index in [1.54, 1.807) is 0 Å². The van der Waals surface area contributed by atoms with E-state index in [1.165, 1.54) is 12.8 Å². The van der Waals surface area contributed by atoms with Gasteiger partial charge in [-0.05, 0) is 31.9 Å². The van der Waals surface area contributed by atoms with Crippen LogP contribution in [0.25, 0.3) is 0 Å². The third-order valence-electron chi connectivity index (χ3n) is 2.55. The third kappa shape index (κ3) is 1.78. The predicted molar refractivity (Wildman–Crippen MR) is 55.3 cm³/mol. The number of anilines is 1. The van der Waals surface area contributed by atoms with Crippen LogP contribution in [0.15, 0.2) is 18.2 Å². The van der Waals surface area contributed by atoms with Crippen molar-refractivity contribution in [1.29, 1.82) is 0 Å². The molecule has 1 aromatic heterocycles. The van der Waals surface area contributed by atoms with Gasteiger partial charge in [-0.15, -0.1) is 0 Å². The molecule has 0 radical (unpaired) electrons. The highest BCUT2D eigenvalue weighted by atomic mass is 35.5. The molecule has 1 unspecified atom stereocenters. The second kappa shape index (κ2) is 3.54. The van der Waals surface area contributed by atoms with Gasteiger partial charge < -0.3 is 4.90 Å². The summed E-state index contributed by atoms with van der Waals surface area (Å²) >= 11 is 5.83. The molecule has 3 heteroatoms. The summed E-state index contributed by atoms with van der Waals surface area (Å²) in [5.41, 5.74) is 0. The summed E-state index contributed by atoms with van der Waals surface area (Å²) in [5.74, 6) is 1.01. The first-order valence-corrected chi connectivity index (χ1v) is 5.04. The van der Waals surface area contributed by atoms with Crippen LogP contribution in [-0.4, -0.2) is 17.6 Å². The van der Waals surface area contributed by atoms with Gasteiger partial charge in [0.25, 0.3) is 0 Å². The zero-order valence-electron chi connectivity index (χ0n) is 7.70. The van der Waals surface area contributed by atoms with Crippen LogP contribution in [0.1, 0.15) is 19.8 Å². The molecule has 1 saturated heterocycles. The maximum Gasteiger partial charge on any atom is 0.131 e. The van der Waals surface area contributed by atoms with Gasteiger partial charge in [0, 0.05) is 12.6 Å². The fourth-order valence-corrected chi connectivity index (χ4v) is 1.99. The molecule has 0 amide bonds. The Balaban J connectivity index is 2.24. The molecule has 2 nitrogen and oxygen atoms in total. The lowest BCUT2D eigenvalue weighted by molar-refractivity contribution is 0.727. The zero-order valence-corrected chi connectivity index (χ0v) is 8.46. The van der Waals surface area contributed by atoms with E-state index in [9.17, 15) is 0 Å². The van der Waals surface area contributed by atoms with Crippen molar-refractivity contribution in [3.05, 3.63) is 23.4 Å². The summed E-state index contributed by atoms with van der Waals surface area (Å²) < 4.78 is 0. The smallest absolute Gasteiger partial charge is 0.131 e. The highest BCUT2D eigenvalue weighted by Gasteiger charge is 2.21. The molecule has 2 heterocycles. The quantitative estimate of drug-likeness (QED) is 0.643. The van der Waals surface area contributed by atoms with Gasteiger partial charge in [0.2, 0.25) is 0 Å². The molecule has 2 rings (SSSR count). The van der Waals surface area contributed by atoms with E-state index in [2.05, 4.69) is 16.8 Å². The van der Waals surface area contributed by atoms with Crippen molar-refractivity contribution in [3.63, 3.8) is 0 Å². The lowest BCUT2D eigenvalue weighted by Crippen LogP contribution is -2.26. The van der Waals surface area contributed by atoms with E-state index >= 15 is 0 Å². The Morgan fingerprint density at radius 3 is 3.00 bits per heavy atom. The van der Waals surface area contributed by atoms with Crippen LogP contribution in [0, 0.1) is 0 Å². The fourth-order valence-electron chi connectivity index (χ4n) is 1.83. The maximum atomic E-state index is 5.83. The SMILES string of the molecule is CC1CCCN1c1cccc(Cl)n1. The minimum absolute atomic E-state index is 0.580. The first-order valence-electron chi connectivity index (χ1n) is 4.66. The Morgan fingerprint density at radius 1 is 1.54 bits per heavy atom. The molecule has 1 aromatic rings. The molecule has 0 bridgehead atoms. The van der Waals surface area contributed by atoms with Crippen molar-refractivity contribution in [2.45, 2.75) is 25.8 Å². The minimum Gasteiger partial charge on any atom is -0.354 e. The molecule has 0 spiro atoms. The van der Waals surface area contributed by atoms with E-state index < -0.39 is 0 Å². The van der Waals surface area contributed by atoms with E-state index in [4.69, 9.17) is 11.6 Å². The summed E-state index contributed by atoms with van der Waals surface area (Å²) in [5, 5.41) is 0.580. The van der Waals surface area contributed by atoms with Crippen molar-refractivity contribution in [1.82, 2.24) is 4.98 Å². The fraction of sp³-hybridized carbons (Fsp3) is 0.500. The third-order valence-corrected chi connectivity index (χ3v) is 2.76. The lowest BCUT2D eigenvalue weighted by atomic mass is 10.2. The Morgan fingerprint density at radius 2 is 2.38 bits per heavy atom. The van der Waals surface area contributed by atoms with Gasteiger partial charge in [-0.1, -0.05) is 17.7 Å². The second-order valence-electron chi connectivity index (χ2n) is 3.50. The number of rotatable bonds is 1. The van der Waals surface area contributed by atoms with E-state index in [-0.39, 0.29) is 0 Å². The number of hydrogen-bond donors (Lipinski definition) is 0. The number of hydrogen-bond acceptors (Lipinski definition) is 2. The van der Waals surface area contributed by atoms with Gasteiger partial charge in [0.1, 0.15) is 11.0 Å². The molecule has 0 aromatic carbocycles. The number of pyridine rings is 1. The average Bonchev–Trinajstić information content (AvgIpc) is 2.51. The average molecular weight is 197 g/mol. The highest BCUT2D eigenvalue weighted by Crippen LogP contribution is 2.24. The molecule has 70 valence electrons. The molecule has 1 atom stereocenters. The van der Waals surface area contributed by atoms with Gasteiger partial charge in [0.15, 0.2) is 0 Å². The number of aromatic nitrogens is 1. The van der Waals surface area contributed by atoms with Crippen molar-refractivity contribution in [2.75, 3.05) is 11.4 Å². The first-order chi connectivity index (χ1) is 6.27. The Hall–Kier alpha value is -0.760. The summed E-state index contributed by atoms with van der Waals surface area (Å²) in [6, 6.07) is 6.39. The van der Waals surface area contributed by atoms with Crippen molar-refractivity contribution in [3.8, 4) is 0 Å². The Labute approximate surface area is 83.5 Å². The summed E-state index contributed by atoms with van der Waals surface area (Å²) in [7, 11) is 0. The van der Waals surface area contributed by atoms with Gasteiger partial charge in [-0.2, -0.15) is 0 Å². The maximum absolute atomic E-state index is 5.83. The normalized spacial score (nSPS) is 22.3. The van der Waals surface area contributed by atoms with Crippen LogP contribution in [0.3, 0.4) is 0 Å². The molecular formula is C10H13ClN2. The number of halogens is 1. The van der Waals surface area contributed by atoms with Crippen molar-refractivity contribution in [2.24, 2.45) is 0 Å². The van der Waals surface area contributed by atoms with Crippen LogP contribution in [0.2, 0.25) is 5.15 Å². The monoisotopic (exact) mass is 196 g/mol. The van der Waals surface area contributed by atoms with Crippen molar-refractivity contribution < 1.29 is 0 Å². The van der Waals surface area contributed by atoms with Gasteiger partial charge in [0.05, 0.1) is 0 Å². The van der Waals surface area contributed by atoms with Crippen LogP contribution < -0.4 is 4.90 Å². The predicted octanol–water partition coefficient (Wildman–Crippen LogP) is 2.72. The van der Waals surface area contributed by atoms with Crippen LogP contribution in [0.5, 0.6) is 0 Å². The van der Waals surface area contributed by atoms with Crippen LogP contribution in [-0.2, 0) is 0 Å². The van der Waals surface area contributed by atoms with Gasteiger partial charge in [-0.25, -0.2) is 4.98 Å². The summed E-state index contributed by atoms with van der Waals surface area (Å²) in [6.45, 7) is 3.34. The second-order valence-corrected chi connectivity index (χ2v) is 3.89. The lowest BCUT2D eigenvalue weighted by Gasteiger charge is -2.22. The van der Waals surface area contributed by atoms with Crippen LogP contribution in [0.4, 0.5) is 5.82 Å². The van der Waals surface area contributed by atoms with E-state index in [1.807, 2.05) is 18.2 Å². The zero-order chi connectivity index (χ0) is 9.26. The topological polar surface area (TPSA) is 16.1 Å². The van der Waals surface area contributed by atoms with Gasteiger partial charge >= 0.3 is 0 Å². The molecule has 1 aliphatic rings. The molecule has 1 aliphatic heterocycles. The van der Waals surface area contributed by atoms with E-state index in [0.29, 0.717) is 11.2 Å². The van der Waals surface area contributed by atoms with Crippen LogP contribution >= 0.6 is 11.6 Å². The molecule has 13 heavy (non-hydrogen) atoms. The molecular weight excluding hydrogens is 184 g/mol. The van der Waals surface area contributed by atoms with Gasteiger partial charge in [-0.3, -0.25) is 0 Å². The summed E-state index contributed by atoms with van der Waals surface area (Å²) in [4.78, 5) is 6.61. The Kier molecular flexibility index (Phi) is 2.40.